The van der Waals surface area contributed by atoms with Gasteiger partial charge in [-0.25, -0.2) is 0 Å². The lowest BCUT2D eigenvalue weighted by Crippen LogP contribution is -1.94. The highest BCUT2D eigenvalue weighted by Gasteiger charge is 2.14. The second-order valence-corrected chi connectivity index (χ2v) is 6.22. The van der Waals surface area contributed by atoms with E-state index in [-0.39, 0.29) is 5.78 Å². The number of carbonyl (C=O) groups is 1. The predicted molar refractivity (Wildman–Crippen MR) is 70.9 cm³/mol. The average molecular weight is 250 g/mol. The van der Waals surface area contributed by atoms with Crippen LogP contribution in [-0.4, -0.2) is 5.78 Å². The van der Waals surface area contributed by atoms with E-state index in [1.807, 2.05) is 18.2 Å². The standard InChI is InChI=1S/C13H14OS2/c1-4-10-5-6-11(16-10)13(14)12-7-8(2)9(3)15-12/h5-7H,4H2,1-3H3. The Morgan fingerprint density at radius 1 is 1.19 bits per heavy atom. The molecule has 3 heteroatoms. The molecule has 84 valence electrons. The van der Waals surface area contributed by atoms with E-state index in [2.05, 4.69) is 20.8 Å². The topological polar surface area (TPSA) is 17.1 Å². The molecule has 0 aliphatic heterocycles. The van der Waals surface area contributed by atoms with E-state index in [0.29, 0.717) is 0 Å². The molecule has 0 spiro atoms. The number of ketones is 1. The Kier molecular flexibility index (Phi) is 3.26. The lowest BCUT2D eigenvalue weighted by Gasteiger charge is -1.91. The van der Waals surface area contributed by atoms with Crippen LogP contribution in [0.1, 0.15) is 36.8 Å². The summed E-state index contributed by atoms with van der Waals surface area (Å²) in [6.45, 7) is 6.22. The predicted octanol–water partition coefficient (Wildman–Crippen LogP) is 4.22. The minimum absolute atomic E-state index is 0.172. The van der Waals surface area contributed by atoms with Crippen molar-refractivity contribution in [1.82, 2.24) is 0 Å². The normalized spacial score (nSPS) is 10.7. The third kappa shape index (κ3) is 2.11. The van der Waals surface area contributed by atoms with Crippen LogP contribution in [0.5, 0.6) is 0 Å². The first kappa shape index (κ1) is 11.6. The van der Waals surface area contributed by atoms with Gasteiger partial charge in [0.15, 0.2) is 0 Å². The molecule has 0 radical (unpaired) electrons. The lowest BCUT2D eigenvalue weighted by molar-refractivity contribution is 0.104. The average Bonchev–Trinajstić information content (AvgIpc) is 2.86. The Morgan fingerprint density at radius 2 is 1.94 bits per heavy atom. The van der Waals surface area contributed by atoms with Crippen LogP contribution in [0.2, 0.25) is 0 Å². The summed E-state index contributed by atoms with van der Waals surface area (Å²) in [7, 11) is 0. The molecular formula is C13H14OS2. The van der Waals surface area contributed by atoms with Crippen molar-refractivity contribution < 1.29 is 4.79 Å². The molecule has 2 aromatic rings. The molecule has 0 aromatic carbocycles. The van der Waals surface area contributed by atoms with Gasteiger partial charge in [-0.2, -0.15) is 0 Å². The summed E-state index contributed by atoms with van der Waals surface area (Å²) in [5.74, 6) is 0.172. The second kappa shape index (κ2) is 4.52. The first-order valence-electron chi connectivity index (χ1n) is 5.32. The molecule has 0 atom stereocenters. The summed E-state index contributed by atoms with van der Waals surface area (Å²) in [6.07, 6.45) is 1.00. The molecule has 1 nitrogen and oxygen atoms in total. The Hall–Kier alpha value is -0.930. The number of thiophene rings is 2. The molecule has 0 unspecified atom stereocenters. The zero-order chi connectivity index (χ0) is 11.7. The van der Waals surface area contributed by atoms with E-state index in [1.165, 1.54) is 15.3 Å². The van der Waals surface area contributed by atoms with Crippen molar-refractivity contribution in [2.75, 3.05) is 0 Å². The first-order chi connectivity index (χ1) is 7.61. The minimum Gasteiger partial charge on any atom is -0.287 e. The van der Waals surface area contributed by atoms with Gasteiger partial charge in [-0.3, -0.25) is 4.79 Å². The molecule has 0 N–H and O–H groups in total. The Bertz CT molecular complexity index is 500. The molecule has 2 aromatic heterocycles. The van der Waals surface area contributed by atoms with Crippen LogP contribution in [-0.2, 0) is 6.42 Å². The fraction of sp³-hybridized carbons (Fsp3) is 0.308. The van der Waals surface area contributed by atoms with E-state index >= 15 is 0 Å². The zero-order valence-corrected chi connectivity index (χ0v) is 11.3. The van der Waals surface area contributed by atoms with Gasteiger partial charge in [-0.15, -0.1) is 22.7 Å². The number of hydrogen-bond acceptors (Lipinski definition) is 3. The Labute approximate surface area is 104 Å². The molecular weight excluding hydrogens is 236 g/mol. The molecule has 0 saturated heterocycles. The molecule has 0 aliphatic carbocycles. The highest BCUT2D eigenvalue weighted by Crippen LogP contribution is 2.26. The van der Waals surface area contributed by atoms with E-state index in [1.54, 1.807) is 22.7 Å². The fourth-order valence-electron chi connectivity index (χ4n) is 1.50. The van der Waals surface area contributed by atoms with Crippen LogP contribution >= 0.6 is 22.7 Å². The molecule has 2 rings (SSSR count). The maximum atomic E-state index is 12.2. The van der Waals surface area contributed by atoms with Gasteiger partial charge >= 0.3 is 0 Å². The number of rotatable bonds is 3. The van der Waals surface area contributed by atoms with Crippen molar-refractivity contribution in [3.8, 4) is 0 Å². The van der Waals surface area contributed by atoms with Crippen LogP contribution in [0.15, 0.2) is 18.2 Å². The number of aryl methyl sites for hydroxylation is 3. The summed E-state index contributed by atoms with van der Waals surface area (Å²) in [6, 6.07) is 5.98. The van der Waals surface area contributed by atoms with Gasteiger partial charge in [-0.1, -0.05) is 6.92 Å². The van der Waals surface area contributed by atoms with Gasteiger partial charge in [0.1, 0.15) is 0 Å². The highest BCUT2D eigenvalue weighted by molar-refractivity contribution is 7.17. The van der Waals surface area contributed by atoms with Crippen molar-refractivity contribution in [1.29, 1.82) is 0 Å². The van der Waals surface area contributed by atoms with E-state index in [9.17, 15) is 4.79 Å². The molecule has 16 heavy (non-hydrogen) atoms. The third-order valence-corrected chi connectivity index (χ3v) is 5.00. The largest absolute Gasteiger partial charge is 0.287 e. The van der Waals surface area contributed by atoms with E-state index in [4.69, 9.17) is 0 Å². The zero-order valence-electron chi connectivity index (χ0n) is 9.66. The van der Waals surface area contributed by atoms with Gasteiger partial charge < -0.3 is 0 Å². The highest BCUT2D eigenvalue weighted by atomic mass is 32.1. The lowest BCUT2D eigenvalue weighted by atomic mass is 10.2. The van der Waals surface area contributed by atoms with Crippen LogP contribution < -0.4 is 0 Å². The quantitative estimate of drug-likeness (QED) is 0.745. The summed E-state index contributed by atoms with van der Waals surface area (Å²) in [5, 5.41) is 0. The molecule has 0 saturated carbocycles. The maximum Gasteiger partial charge on any atom is 0.212 e. The third-order valence-electron chi connectivity index (χ3n) is 2.62. The second-order valence-electron chi connectivity index (χ2n) is 3.80. The molecule has 0 amide bonds. The molecule has 2 heterocycles. The van der Waals surface area contributed by atoms with Crippen LogP contribution in [0.25, 0.3) is 0 Å². The summed E-state index contributed by atoms with van der Waals surface area (Å²) in [5.41, 5.74) is 1.21. The molecule has 0 aliphatic rings. The van der Waals surface area contributed by atoms with Crippen molar-refractivity contribution >= 4 is 28.5 Å². The minimum atomic E-state index is 0.172. The van der Waals surface area contributed by atoms with Gasteiger partial charge in [0.2, 0.25) is 5.78 Å². The first-order valence-corrected chi connectivity index (χ1v) is 6.95. The van der Waals surface area contributed by atoms with Crippen molar-refractivity contribution in [3.05, 3.63) is 43.3 Å². The van der Waals surface area contributed by atoms with Crippen molar-refractivity contribution in [2.45, 2.75) is 27.2 Å². The SMILES string of the molecule is CCc1ccc(C(=O)c2cc(C)c(C)s2)s1. The van der Waals surface area contributed by atoms with E-state index in [0.717, 1.165) is 16.2 Å². The summed E-state index contributed by atoms with van der Waals surface area (Å²) < 4.78 is 0. The monoisotopic (exact) mass is 250 g/mol. The Morgan fingerprint density at radius 3 is 2.44 bits per heavy atom. The summed E-state index contributed by atoms with van der Waals surface area (Å²) in [4.78, 5) is 16.4. The van der Waals surface area contributed by atoms with Crippen molar-refractivity contribution in [3.63, 3.8) is 0 Å². The van der Waals surface area contributed by atoms with Gasteiger partial charge in [-0.05, 0) is 44.0 Å². The Balaban J connectivity index is 2.31. The van der Waals surface area contributed by atoms with Crippen LogP contribution in [0, 0.1) is 13.8 Å². The van der Waals surface area contributed by atoms with Crippen molar-refractivity contribution in [2.24, 2.45) is 0 Å². The van der Waals surface area contributed by atoms with E-state index < -0.39 is 0 Å². The number of hydrogen-bond donors (Lipinski definition) is 0. The fourth-order valence-corrected chi connectivity index (χ4v) is 3.45. The van der Waals surface area contributed by atoms with Gasteiger partial charge in [0.05, 0.1) is 9.75 Å². The molecule has 0 fully saturated rings. The van der Waals surface area contributed by atoms with Crippen LogP contribution in [0.3, 0.4) is 0 Å². The maximum absolute atomic E-state index is 12.2. The van der Waals surface area contributed by atoms with Gasteiger partial charge in [0.25, 0.3) is 0 Å². The molecule has 0 bridgehead atoms. The van der Waals surface area contributed by atoms with Gasteiger partial charge in [0, 0.05) is 9.75 Å². The smallest absolute Gasteiger partial charge is 0.212 e. The van der Waals surface area contributed by atoms with Crippen LogP contribution in [0.4, 0.5) is 0 Å². The number of carbonyl (C=O) groups excluding carboxylic acids is 1. The summed E-state index contributed by atoms with van der Waals surface area (Å²) >= 11 is 3.20.